The summed E-state index contributed by atoms with van der Waals surface area (Å²) in [7, 11) is 0. The van der Waals surface area contributed by atoms with Crippen LogP contribution in [0.25, 0.3) is 5.70 Å². The van der Waals surface area contributed by atoms with Crippen LogP contribution in [0.2, 0.25) is 0 Å². The summed E-state index contributed by atoms with van der Waals surface area (Å²) >= 11 is 6.73. The first-order valence-corrected chi connectivity index (χ1v) is 7.86. The minimum atomic E-state index is -0.404. The second kappa shape index (κ2) is 6.37. The highest BCUT2D eigenvalue weighted by atomic mass is 32.2. The first kappa shape index (κ1) is 14.9. The van der Waals surface area contributed by atoms with Crippen molar-refractivity contribution in [3.05, 3.63) is 47.1 Å². The van der Waals surface area contributed by atoms with Gasteiger partial charge in [-0.25, -0.2) is 9.48 Å². The van der Waals surface area contributed by atoms with Gasteiger partial charge < -0.3 is 4.74 Å². The Bertz CT molecular complexity index is 729. The molecule has 112 valence electrons. The lowest BCUT2D eigenvalue weighted by Crippen LogP contribution is -2.13. The fourth-order valence-corrected chi connectivity index (χ4v) is 3.77. The van der Waals surface area contributed by atoms with Gasteiger partial charge in [0.2, 0.25) is 0 Å². The lowest BCUT2D eigenvalue weighted by molar-refractivity contribution is -0.137. The first-order valence-electron chi connectivity index (χ1n) is 6.63. The second-order valence-corrected chi connectivity index (χ2v) is 6.20. The smallest absolute Gasteiger partial charge is 0.346 e. The van der Waals surface area contributed by atoms with Crippen LogP contribution in [0.15, 0.2) is 41.6 Å². The van der Waals surface area contributed by atoms with Gasteiger partial charge >= 0.3 is 5.97 Å². The van der Waals surface area contributed by atoms with E-state index in [1.54, 1.807) is 6.92 Å². The minimum absolute atomic E-state index is 0.232. The molecule has 0 amide bonds. The van der Waals surface area contributed by atoms with Crippen molar-refractivity contribution in [3.63, 3.8) is 0 Å². The third-order valence-electron chi connectivity index (χ3n) is 3.13. The Morgan fingerprint density at radius 3 is 2.82 bits per heavy atom. The van der Waals surface area contributed by atoms with Gasteiger partial charge in [0.1, 0.15) is 11.2 Å². The van der Waals surface area contributed by atoms with Gasteiger partial charge in [0.05, 0.1) is 22.4 Å². The van der Waals surface area contributed by atoms with Crippen LogP contribution < -0.4 is 0 Å². The van der Waals surface area contributed by atoms with E-state index in [0.29, 0.717) is 21.4 Å². The lowest BCUT2D eigenvalue weighted by atomic mass is 9.97. The monoisotopic (exact) mass is 332 g/mol. The largest absolute Gasteiger partial charge is 0.462 e. The molecule has 0 fully saturated rings. The molecule has 22 heavy (non-hydrogen) atoms. The maximum Gasteiger partial charge on any atom is 0.346 e. The zero-order chi connectivity index (χ0) is 15.5. The molecule has 2 heterocycles. The van der Waals surface area contributed by atoms with E-state index < -0.39 is 5.97 Å². The number of thiocarbonyl (C=S) groups is 1. The molecule has 0 radical (unpaired) electrons. The molecule has 0 spiro atoms. The van der Waals surface area contributed by atoms with E-state index in [9.17, 15) is 4.79 Å². The molecule has 0 saturated heterocycles. The molecule has 0 saturated carbocycles. The molecule has 8 heteroatoms. The molecule has 1 atom stereocenters. The van der Waals surface area contributed by atoms with Crippen molar-refractivity contribution in [2.24, 2.45) is 0 Å². The number of nitrogens with zero attached hydrogens (tertiary/aromatic N) is 4. The van der Waals surface area contributed by atoms with Crippen LogP contribution in [0.3, 0.4) is 0 Å². The number of hydrogen-bond acceptors (Lipinski definition) is 7. The van der Waals surface area contributed by atoms with E-state index in [1.165, 1.54) is 22.8 Å². The Morgan fingerprint density at radius 2 is 2.18 bits per heavy atom. The lowest BCUT2D eigenvalue weighted by Gasteiger charge is -2.14. The van der Waals surface area contributed by atoms with Crippen LogP contribution in [0.4, 0.5) is 0 Å². The number of hydrogen-bond donors (Lipinski definition) is 0. The summed E-state index contributed by atoms with van der Waals surface area (Å²) in [5.41, 5.74) is 1.63. The average Bonchev–Trinajstić information content (AvgIpc) is 3.15. The van der Waals surface area contributed by atoms with Crippen LogP contribution in [0.5, 0.6) is 0 Å². The SMILES string of the molecule is CCOC(=O)C1=C(n2cnnn2)[C@H](c2ccccc2)C(=S)S1. The molecule has 6 nitrogen and oxygen atoms in total. The van der Waals surface area contributed by atoms with E-state index in [0.717, 1.165) is 5.56 Å². The zero-order valence-electron chi connectivity index (χ0n) is 11.7. The van der Waals surface area contributed by atoms with Crippen LogP contribution in [0, 0.1) is 0 Å². The molecule has 0 unspecified atom stereocenters. The quantitative estimate of drug-likeness (QED) is 0.628. The number of ether oxygens (including phenoxy) is 1. The normalized spacial score (nSPS) is 17.9. The number of carbonyl (C=O) groups excluding carboxylic acids is 1. The number of benzene rings is 1. The summed E-state index contributed by atoms with van der Waals surface area (Å²) in [6.45, 7) is 2.07. The molecule has 0 aliphatic carbocycles. The van der Waals surface area contributed by atoms with Crippen molar-refractivity contribution < 1.29 is 9.53 Å². The standard InChI is InChI=1S/C14H12N4O2S2/c1-2-20-13(19)12-11(18-8-15-16-17-18)10(14(21)22-12)9-6-4-3-5-7-9/h3-8,10H,2H2,1H3/t10-/m0/s1. The van der Waals surface area contributed by atoms with Crippen LogP contribution in [-0.4, -0.2) is 37.0 Å². The van der Waals surface area contributed by atoms with Crippen molar-refractivity contribution in [1.29, 1.82) is 0 Å². The van der Waals surface area contributed by atoms with Gasteiger partial charge in [-0.05, 0) is 22.9 Å². The van der Waals surface area contributed by atoms with E-state index in [2.05, 4.69) is 15.5 Å². The number of tetrazole rings is 1. The Kier molecular flexibility index (Phi) is 4.30. The van der Waals surface area contributed by atoms with Crippen molar-refractivity contribution in [3.8, 4) is 0 Å². The molecule has 1 aromatic heterocycles. The zero-order valence-corrected chi connectivity index (χ0v) is 13.3. The highest BCUT2D eigenvalue weighted by Gasteiger charge is 2.38. The predicted molar refractivity (Wildman–Crippen MR) is 87.0 cm³/mol. The summed E-state index contributed by atoms with van der Waals surface area (Å²) < 4.78 is 7.29. The molecule has 0 bridgehead atoms. The van der Waals surface area contributed by atoms with Crippen molar-refractivity contribution in [2.75, 3.05) is 6.61 Å². The van der Waals surface area contributed by atoms with Gasteiger partial charge in [-0.3, -0.25) is 0 Å². The predicted octanol–water partition coefficient (Wildman–Crippen LogP) is 2.26. The molecular weight excluding hydrogens is 320 g/mol. The Labute approximate surface area is 136 Å². The number of allylic oxidation sites excluding steroid dienone is 1. The molecule has 1 aliphatic heterocycles. The number of aromatic nitrogens is 4. The van der Waals surface area contributed by atoms with Gasteiger partial charge in [-0.1, -0.05) is 54.3 Å². The molecule has 3 rings (SSSR count). The number of esters is 1. The summed E-state index contributed by atoms with van der Waals surface area (Å²) in [5.74, 6) is -0.636. The average molecular weight is 332 g/mol. The first-order chi connectivity index (χ1) is 10.7. The molecule has 1 aliphatic rings. The third kappa shape index (κ3) is 2.67. The molecule has 0 N–H and O–H groups in total. The summed E-state index contributed by atoms with van der Waals surface area (Å²) in [4.78, 5) is 12.7. The summed E-state index contributed by atoms with van der Waals surface area (Å²) in [5, 5.41) is 11.2. The Hall–Kier alpha value is -2.06. The molecule has 2 aromatic rings. The van der Waals surface area contributed by atoms with Gasteiger partial charge in [-0.2, -0.15) is 0 Å². The number of thioether (sulfide) groups is 1. The van der Waals surface area contributed by atoms with Gasteiger partial charge in [0.25, 0.3) is 0 Å². The molecular formula is C14H12N4O2S2. The van der Waals surface area contributed by atoms with E-state index in [4.69, 9.17) is 17.0 Å². The Morgan fingerprint density at radius 1 is 1.41 bits per heavy atom. The van der Waals surface area contributed by atoms with Crippen LogP contribution in [-0.2, 0) is 9.53 Å². The topological polar surface area (TPSA) is 69.9 Å². The minimum Gasteiger partial charge on any atom is -0.462 e. The van der Waals surface area contributed by atoms with Crippen molar-refractivity contribution in [2.45, 2.75) is 12.8 Å². The van der Waals surface area contributed by atoms with Crippen LogP contribution >= 0.6 is 24.0 Å². The van der Waals surface area contributed by atoms with Gasteiger partial charge in [0.15, 0.2) is 0 Å². The highest BCUT2D eigenvalue weighted by molar-refractivity contribution is 8.26. The maximum atomic E-state index is 12.2. The summed E-state index contributed by atoms with van der Waals surface area (Å²) in [6.07, 6.45) is 1.46. The Balaban J connectivity index is 2.12. The molecule has 1 aromatic carbocycles. The third-order valence-corrected chi connectivity index (χ3v) is 4.64. The van der Waals surface area contributed by atoms with E-state index >= 15 is 0 Å². The van der Waals surface area contributed by atoms with E-state index in [1.807, 2.05) is 30.3 Å². The van der Waals surface area contributed by atoms with Crippen molar-refractivity contribution >= 4 is 39.8 Å². The summed E-state index contributed by atoms with van der Waals surface area (Å²) in [6, 6.07) is 9.73. The van der Waals surface area contributed by atoms with Gasteiger partial charge in [-0.15, -0.1) is 5.10 Å². The fourth-order valence-electron chi connectivity index (χ4n) is 2.24. The number of rotatable bonds is 4. The van der Waals surface area contributed by atoms with Gasteiger partial charge in [0, 0.05) is 0 Å². The number of carbonyl (C=O) groups is 1. The van der Waals surface area contributed by atoms with Crippen molar-refractivity contribution in [1.82, 2.24) is 20.2 Å². The van der Waals surface area contributed by atoms with E-state index in [-0.39, 0.29) is 5.92 Å². The highest BCUT2D eigenvalue weighted by Crippen LogP contribution is 2.46. The second-order valence-electron chi connectivity index (χ2n) is 4.45. The maximum absolute atomic E-state index is 12.2. The van der Waals surface area contributed by atoms with Crippen LogP contribution in [0.1, 0.15) is 18.4 Å². The fraction of sp³-hybridized carbons (Fsp3) is 0.214.